The van der Waals surface area contributed by atoms with Crippen LogP contribution in [0.15, 0.2) is 54.6 Å². The molecule has 6 nitrogen and oxygen atoms in total. The van der Waals surface area contributed by atoms with Crippen molar-refractivity contribution in [2.75, 3.05) is 0 Å². The van der Waals surface area contributed by atoms with Gasteiger partial charge in [0.2, 0.25) is 5.54 Å². The quantitative estimate of drug-likeness (QED) is 0.376. The van der Waals surface area contributed by atoms with Crippen LogP contribution in [0.25, 0.3) is 0 Å². The summed E-state index contributed by atoms with van der Waals surface area (Å²) in [7, 11) is 0. The molecular weight excluding hydrogens is 296 g/mol. The molecular formula is C17H16N2O4. The van der Waals surface area contributed by atoms with Gasteiger partial charge in [-0.15, -0.1) is 0 Å². The second kappa shape index (κ2) is 5.39. The van der Waals surface area contributed by atoms with E-state index in [1.807, 2.05) is 30.3 Å². The van der Waals surface area contributed by atoms with E-state index in [0.29, 0.717) is 5.56 Å². The fraction of sp³-hybridized carbons (Fsp3) is 0.235. The van der Waals surface area contributed by atoms with Gasteiger partial charge < -0.3 is 9.94 Å². The summed E-state index contributed by atoms with van der Waals surface area (Å²) in [6.45, 7) is 3.59. The van der Waals surface area contributed by atoms with Gasteiger partial charge in [0.25, 0.3) is 5.69 Å². The van der Waals surface area contributed by atoms with E-state index < -0.39 is 16.6 Å². The predicted octanol–water partition coefficient (Wildman–Crippen LogP) is 3.40. The summed E-state index contributed by atoms with van der Waals surface area (Å²) < 4.78 is 6.70. The van der Waals surface area contributed by atoms with Crippen molar-refractivity contribution in [3.8, 4) is 0 Å². The van der Waals surface area contributed by atoms with E-state index in [-0.39, 0.29) is 11.6 Å². The van der Waals surface area contributed by atoms with Crippen LogP contribution in [0.4, 0.5) is 5.69 Å². The molecule has 0 fully saturated rings. The molecule has 0 saturated carbocycles. The number of hydroxylamine groups is 1. The maximum absolute atomic E-state index is 12.7. The summed E-state index contributed by atoms with van der Waals surface area (Å²) in [6.07, 6.45) is -0.449. The van der Waals surface area contributed by atoms with Crippen LogP contribution in [-0.4, -0.2) is 21.1 Å². The maximum atomic E-state index is 12.7. The maximum Gasteiger partial charge on any atom is 0.383 e. The zero-order valence-corrected chi connectivity index (χ0v) is 12.8. The zero-order chi connectivity index (χ0) is 16.6. The van der Waals surface area contributed by atoms with E-state index in [4.69, 9.17) is 4.74 Å². The molecule has 1 aliphatic heterocycles. The fourth-order valence-corrected chi connectivity index (χ4v) is 2.71. The van der Waals surface area contributed by atoms with Crippen LogP contribution in [0.1, 0.15) is 31.1 Å². The second-order valence-corrected chi connectivity index (χ2v) is 5.97. The molecule has 23 heavy (non-hydrogen) atoms. The van der Waals surface area contributed by atoms with E-state index in [0.717, 1.165) is 10.3 Å². The largest absolute Gasteiger partial charge is 0.621 e. The highest BCUT2D eigenvalue weighted by Gasteiger charge is 2.50. The Morgan fingerprint density at radius 2 is 1.83 bits per heavy atom. The topological polar surface area (TPSA) is 78.4 Å². The van der Waals surface area contributed by atoms with E-state index >= 15 is 0 Å². The lowest BCUT2D eigenvalue weighted by molar-refractivity contribution is -0.534. The predicted molar refractivity (Wildman–Crippen MR) is 85.2 cm³/mol. The summed E-state index contributed by atoms with van der Waals surface area (Å²) >= 11 is 0. The van der Waals surface area contributed by atoms with Gasteiger partial charge in [0, 0.05) is 26.0 Å². The second-order valence-electron chi connectivity index (χ2n) is 5.97. The SMILES string of the molecule is CC1(C)C(c2ccccc2)OC(c2cccc([N+](=O)[O-])c2)=[N+]1[O-]. The highest BCUT2D eigenvalue weighted by Crippen LogP contribution is 2.38. The van der Waals surface area contributed by atoms with Gasteiger partial charge in [-0.05, 0) is 11.6 Å². The summed E-state index contributed by atoms with van der Waals surface area (Å²) in [4.78, 5) is 10.4. The van der Waals surface area contributed by atoms with E-state index in [1.165, 1.54) is 12.1 Å². The molecule has 0 aromatic heterocycles. The lowest BCUT2D eigenvalue weighted by Crippen LogP contribution is -2.34. The molecule has 1 aliphatic rings. The van der Waals surface area contributed by atoms with Gasteiger partial charge in [-0.3, -0.25) is 10.1 Å². The molecule has 0 spiro atoms. The number of benzene rings is 2. The molecule has 0 N–H and O–H groups in total. The van der Waals surface area contributed by atoms with Gasteiger partial charge >= 0.3 is 5.90 Å². The highest BCUT2D eigenvalue weighted by molar-refractivity contribution is 5.92. The van der Waals surface area contributed by atoms with Crippen molar-refractivity contribution in [3.05, 3.63) is 81.0 Å². The molecule has 0 radical (unpaired) electrons. The Hall–Kier alpha value is -2.89. The molecule has 1 atom stereocenters. The van der Waals surface area contributed by atoms with Crippen molar-refractivity contribution in [1.82, 2.24) is 0 Å². The Labute approximate surface area is 133 Å². The van der Waals surface area contributed by atoms with Crippen LogP contribution in [-0.2, 0) is 4.74 Å². The molecule has 6 heteroatoms. The van der Waals surface area contributed by atoms with Crippen molar-refractivity contribution in [2.45, 2.75) is 25.5 Å². The first-order valence-electron chi connectivity index (χ1n) is 7.22. The van der Waals surface area contributed by atoms with Gasteiger partial charge in [-0.2, -0.15) is 4.74 Å². The first-order valence-corrected chi connectivity index (χ1v) is 7.22. The van der Waals surface area contributed by atoms with Crippen molar-refractivity contribution in [3.63, 3.8) is 0 Å². The lowest BCUT2D eigenvalue weighted by atomic mass is 9.92. The minimum absolute atomic E-state index is 0.0760. The van der Waals surface area contributed by atoms with Crippen LogP contribution in [0.2, 0.25) is 0 Å². The number of nitrogens with zero attached hydrogens (tertiary/aromatic N) is 2. The minimum atomic E-state index is -0.818. The number of non-ortho nitro benzene ring substituents is 1. The third-order valence-electron chi connectivity index (χ3n) is 3.99. The molecule has 1 unspecified atom stereocenters. The average Bonchev–Trinajstić information content (AvgIpc) is 2.79. The Balaban J connectivity index is 2.03. The summed E-state index contributed by atoms with van der Waals surface area (Å²) in [6, 6.07) is 15.4. The number of hydrogen-bond acceptors (Lipinski definition) is 4. The number of nitro benzene ring substituents is 1. The van der Waals surface area contributed by atoms with Gasteiger partial charge in [0.15, 0.2) is 6.10 Å². The van der Waals surface area contributed by atoms with Crippen molar-refractivity contribution in [1.29, 1.82) is 0 Å². The molecule has 3 rings (SSSR count). The average molecular weight is 312 g/mol. The summed E-state index contributed by atoms with van der Waals surface area (Å²) in [5.74, 6) is 0.104. The van der Waals surface area contributed by atoms with Gasteiger partial charge in [0.1, 0.15) is 0 Å². The molecule has 0 bridgehead atoms. The molecule has 1 heterocycles. The number of ether oxygens (including phenoxy) is 1. The third kappa shape index (κ3) is 2.52. The molecule has 0 saturated heterocycles. The smallest absolute Gasteiger partial charge is 0.383 e. The number of nitro groups is 1. The first kappa shape index (κ1) is 15.0. The number of hydrogen-bond donors (Lipinski definition) is 0. The van der Waals surface area contributed by atoms with E-state index in [9.17, 15) is 15.3 Å². The molecule has 0 aliphatic carbocycles. The van der Waals surface area contributed by atoms with Crippen LogP contribution >= 0.6 is 0 Å². The Morgan fingerprint density at radius 1 is 1.13 bits per heavy atom. The van der Waals surface area contributed by atoms with Crippen molar-refractivity contribution in [2.24, 2.45) is 0 Å². The summed E-state index contributed by atoms with van der Waals surface area (Å²) in [5.41, 5.74) is 0.397. The highest BCUT2D eigenvalue weighted by atomic mass is 16.6. The van der Waals surface area contributed by atoms with Gasteiger partial charge in [-0.1, -0.05) is 36.4 Å². The van der Waals surface area contributed by atoms with Gasteiger partial charge in [0.05, 0.1) is 10.5 Å². The summed E-state index contributed by atoms with van der Waals surface area (Å²) in [5, 5.41) is 23.6. The lowest BCUT2D eigenvalue weighted by Gasteiger charge is -2.23. The van der Waals surface area contributed by atoms with Crippen molar-refractivity contribution < 1.29 is 14.4 Å². The molecule has 2 aromatic rings. The van der Waals surface area contributed by atoms with E-state index in [2.05, 4.69) is 0 Å². The Kier molecular flexibility index (Phi) is 3.52. The van der Waals surface area contributed by atoms with Crippen LogP contribution < -0.4 is 0 Å². The van der Waals surface area contributed by atoms with Crippen LogP contribution in [0.3, 0.4) is 0 Å². The van der Waals surface area contributed by atoms with Crippen LogP contribution in [0.5, 0.6) is 0 Å². The monoisotopic (exact) mass is 312 g/mol. The fourth-order valence-electron chi connectivity index (χ4n) is 2.71. The molecule has 2 aromatic carbocycles. The Bertz CT molecular complexity index is 784. The van der Waals surface area contributed by atoms with Crippen LogP contribution in [0, 0.1) is 15.3 Å². The first-order chi connectivity index (χ1) is 10.9. The Morgan fingerprint density at radius 3 is 2.48 bits per heavy atom. The molecule has 0 amide bonds. The number of rotatable bonds is 3. The van der Waals surface area contributed by atoms with Gasteiger partial charge in [-0.25, -0.2) is 0 Å². The third-order valence-corrected chi connectivity index (χ3v) is 3.99. The zero-order valence-electron chi connectivity index (χ0n) is 12.8. The van der Waals surface area contributed by atoms with E-state index in [1.54, 1.807) is 26.0 Å². The normalized spacial score (nSPS) is 19.5. The molecule has 118 valence electrons. The van der Waals surface area contributed by atoms with Crippen molar-refractivity contribution >= 4 is 11.6 Å². The standard InChI is InChI=1S/C17H16N2O4/c1-17(2)15(12-7-4-3-5-8-12)23-16(18(17)20)13-9-6-10-14(11-13)19(21)22/h3-11,15H,1-2H3. The minimum Gasteiger partial charge on any atom is -0.621 e.